The first kappa shape index (κ1) is 26.6. The molecule has 0 aliphatic carbocycles. The number of pyridine rings is 1. The molecule has 9 nitrogen and oxygen atoms in total. The number of aromatic amines is 1. The molecule has 0 atom stereocenters. The SMILES string of the molecule is N#Cc1ccc2c(c1)[nH]c1c2c(=O)c2cc(OCC(F)(F)F)c(-c3cccc(OS(=O)(=O)F)c3)cc2n1C1CNC1. The highest BCUT2D eigenvalue weighted by molar-refractivity contribution is 7.81. The molecule has 5 aromatic rings. The number of aromatic nitrogens is 2. The van der Waals surface area contributed by atoms with E-state index in [1.54, 1.807) is 18.2 Å². The summed E-state index contributed by atoms with van der Waals surface area (Å²) >= 11 is 0. The molecule has 14 heteroatoms. The van der Waals surface area contributed by atoms with Crippen LogP contribution in [0.5, 0.6) is 11.5 Å². The lowest BCUT2D eigenvalue weighted by Crippen LogP contribution is -2.44. The van der Waals surface area contributed by atoms with Gasteiger partial charge in [-0.1, -0.05) is 22.1 Å². The molecule has 6 rings (SSSR count). The summed E-state index contributed by atoms with van der Waals surface area (Å²) in [4.78, 5) is 17.1. The highest BCUT2D eigenvalue weighted by Gasteiger charge is 2.30. The summed E-state index contributed by atoms with van der Waals surface area (Å²) in [5, 5.41) is 13.4. The summed E-state index contributed by atoms with van der Waals surface area (Å²) in [5.74, 6) is -0.705. The first-order valence-electron chi connectivity index (χ1n) is 12.1. The Morgan fingerprint density at radius 1 is 1.07 bits per heavy atom. The molecule has 1 aliphatic heterocycles. The van der Waals surface area contributed by atoms with E-state index in [4.69, 9.17) is 4.74 Å². The van der Waals surface area contributed by atoms with E-state index >= 15 is 0 Å². The van der Waals surface area contributed by atoms with Crippen molar-refractivity contribution < 1.29 is 34.4 Å². The van der Waals surface area contributed by atoms with Crippen molar-refractivity contribution in [2.24, 2.45) is 0 Å². The minimum Gasteiger partial charge on any atom is -0.483 e. The molecule has 2 aromatic heterocycles. The number of hydrogen-bond acceptors (Lipinski definition) is 7. The van der Waals surface area contributed by atoms with Crippen LogP contribution < -0.4 is 19.7 Å². The smallest absolute Gasteiger partial charge is 0.483 e. The van der Waals surface area contributed by atoms with E-state index in [9.17, 15) is 35.5 Å². The summed E-state index contributed by atoms with van der Waals surface area (Å²) in [6.45, 7) is -0.565. The van der Waals surface area contributed by atoms with Gasteiger partial charge in [-0.25, -0.2) is 0 Å². The number of H-pyrrole nitrogens is 1. The lowest BCUT2D eigenvalue weighted by molar-refractivity contribution is -0.153. The highest BCUT2D eigenvalue weighted by atomic mass is 32.3. The van der Waals surface area contributed by atoms with Gasteiger partial charge in [-0.15, -0.1) is 0 Å². The largest absolute Gasteiger partial charge is 0.488 e. The van der Waals surface area contributed by atoms with Crippen LogP contribution in [0.3, 0.4) is 0 Å². The van der Waals surface area contributed by atoms with Gasteiger partial charge >= 0.3 is 16.7 Å². The van der Waals surface area contributed by atoms with E-state index < -0.39 is 34.5 Å². The molecule has 41 heavy (non-hydrogen) atoms. The number of nitriles is 1. The van der Waals surface area contributed by atoms with E-state index in [1.165, 1.54) is 24.3 Å². The Labute approximate surface area is 228 Å². The zero-order chi connectivity index (χ0) is 29.1. The van der Waals surface area contributed by atoms with Gasteiger partial charge in [0.25, 0.3) is 0 Å². The van der Waals surface area contributed by atoms with Crippen LogP contribution in [0, 0.1) is 11.3 Å². The average molecular weight is 587 g/mol. The molecular formula is C27H18F4N4O5S. The van der Waals surface area contributed by atoms with E-state index in [0.29, 0.717) is 46.1 Å². The summed E-state index contributed by atoms with van der Waals surface area (Å²) in [7, 11) is -5.37. The van der Waals surface area contributed by atoms with Crippen LogP contribution in [0.1, 0.15) is 11.6 Å². The monoisotopic (exact) mass is 586 g/mol. The second-order valence-corrected chi connectivity index (χ2v) is 10.5. The van der Waals surface area contributed by atoms with E-state index in [2.05, 4.69) is 20.6 Å². The number of rotatable bonds is 6. The quantitative estimate of drug-likeness (QED) is 0.215. The average Bonchev–Trinajstić information content (AvgIpc) is 3.25. The third-order valence-corrected chi connectivity index (χ3v) is 7.23. The molecule has 0 spiro atoms. The van der Waals surface area contributed by atoms with Gasteiger partial charge in [0.15, 0.2) is 12.0 Å². The first-order chi connectivity index (χ1) is 19.4. The van der Waals surface area contributed by atoms with Crippen LogP contribution in [0.25, 0.3) is 44.0 Å². The number of nitrogens with one attached hydrogen (secondary N) is 2. The Morgan fingerprint density at radius 3 is 2.51 bits per heavy atom. The molecule has 1 saturated heterocycles. The van der Waals surface area contributed by atoms with Gasteiger partial charge < -0.3 is 23.8 Å². The maximum atomic E-state index is 13.9. The zero-order valence-electron chi connectivity index (χ0n) is 20.8. The molecule has 1 fully saturated rings. The van der Waals surface area contributed by atoms with E-state index in [-0.39, 0.29) is 28.3 Å². The van der Waals surface area contributed by atoms with Crippen molar-refractivity contribution >= 4 is 43.3 Å². The fourth-order valence-electron chi connectivity index (χ4n) is 5.04. The molecule has 2 N–H and O–H groups in total. The molecule has 0 radical (unpaired) electrons. The first-order valence-corrected chi connectivity index (χ1v) is 13.5. The summed E-state index contributed by atoms with van der Waals surface area (Å²) in [5.41, 5.74) is 1.55. The summed E-state index contributed by atoms with van der Waals surface area (Å²) < 4.78 is 86.2. The minimum atomic E-state index is -5.37. The van der Waals surface area contributed by atoms with Gasteiger partial charge in [0, 0.05) is 29.6 Å². The number of ether oxygens (including phenoxy) is 1. The van der Waals surface area contributed by atoms with Gasteiger partial charge in [0.05, 0.1) is 34.0 Å². The second kappa shape index (κ2) is 9.50. The molecule has 0 amide bonds. The van der Waals surface area contributed by atoms with Gasteiger partial charge in [-0.05, 0) is 42.0 Å². The van der Waals surface area contributed by atoms with Crippen LogP contribution in [0.2, 0.25) is 0 Å². The molecule has 1 aliphatic rings. The molecule has 210 valence electrons. The third kappa shape index (κ3) is 4.94. The highest BCUT2D eigenvalue weighted by Crippen LogP contribution is 2.39. The number of fused-ring (bicyclic) bond motifs is 4. The Balaban J connectivity index is 1.68. The summed E-state index contributed by atoms with van der Waals surface area (Å²) in [6.07, 6.45) is -4.70. The molecule has 3 aromatic carbocycles. The van der Waals surface area contributed by atoms with E-state index in [0.717, 1.165) is 12.1 Å². The maximum Gasteiger partial charge on any atom is 0.488 e. The van der Waals surface area contributed by atoms with Crippen molar-refractivity contribution in [3.63, 3.8) is 0 Å². The van der Waals surface area contributed by atoms with Crippen molar-refractivity contribution in [3.05, 3.63) is 70.4 Å². The number of hydrogen-bond donors (Lipinski definition) is 2. The maximum absolute atomic E-state index is 13.9. The van der Waals surface area contributed by atoms with Gasteiger partial charge in [0.1, 0.15) is 17.1 Å². The Morgan fingerprint density at radius 2 is 1.85 bits per heavy atom. The normalized spacial score (nSPS) is 14.3. The van der Waals surface area contributed by atoms with Crippen LogP contribution in [0.4, 0.5) is 17.1 Å². The van der Waals surface area contributed by atoms with Crippen molar-refractivity contribution in [3.8, 4) is 28.7 Å². The predicted molar refractivity (Wildman–Crippen MR) is 142 cm³/mol. The number of alkyl halides is 3. The predicted octanol–water partition coefficient (Wildman–Crippen LogP) is 4.85. The standard InChI is InChI=1S/C27H18F4N4O5S/c28-27(29,30)13-39-23-9-20-22(8-19(23)15-2-1-3-17(7-15)40-41(31,37)38)35(16-11-33-12-16)26-24(25(20)36)18-5-4-14(10-32)6-21(18)34-26/h1-9,16,33-34H,11-13H2. The fraction of sp³-hybridized carbons (Fsp3) is 0.185. The Bertz CT molecular complexity index is 2080. The topological polar surface area (TPSA) is 126 Å². The van der Waals surface area contributed by atoms with Crippen molar-refractivity contribution in [2.45, 2.75) is 12.2 Å². The van der Waals surface area contributed by atoms with Gasteiger partial charge in [0.2, 0.25) is 0 Å². The van der Waals surface area contributed by atoms with Crippen molar-refractivity contribution in [1.29, 1.82) is 5.26 Å². The van der Waals surface area contributed by atoms with Crippen LogP contribution in [-0.4, -0.2) is 43.8 Å². The van der Waals surface area contributed by atoms with Crippen LogP contribution in [0.15, 0.2) is 59.4 Å². The minimum absolute atomic E-state index is 0.0890. The van der Waals surface area contributed by atoms with Gasteiger partial charge in [-0.3, -0.25) is 4.79 Å². The number of nitrogens with zero attached hydrogens (tertiary/aromatic N) is 2. The Kier molecular flexibility index (Phi) is 6.16. The Hall–Kier alpha value is -4.61. The summed E-state index contributed by atoms with van der Waals surface area (Å²) in [6, 6.07) is 14.5. The van der Waals surface area contributed by atoms with Crippen LogP contribution in [-0.2, 0) is 10.5 Å². The van der Waals surface area contributed by atoms with Crippen molar-refractivity contribution in [1.82, 2.24) is 14.9 Å². The lowest BCUT2D eigenvalue weighted by atomic mass is 9.99. The lowest BCUT2D eigenvalue weighted by Gasteiger charge is -2.32. The van der Waals surface area contributed by atoms with Crippen molar-refractivity contribution in [2.75, 3.05) is 19.7 Å². The van der Waals surface area contributed by atoms with E-state index in [1.807, 2.05) is 4.57 Å². The number of halogens is 4. The third-order valence-electron chi connectivity index (χ3n) is 6.84. The molecule has 3 heterocycles. The van der Waals surface area contributed by atoms with Crippen LogP contribution >= 0.6 is 0 Å². The second-order valence-electron chi connectivity index (χ2n) is 9.51. The molecular weight excluding hydrogens is 568 g/mol. The van der Waals surface area contributed by atoms with Gasteiger partial charge in [-0.2, -0.15) is 26.9 Å². The fourth-order valence-corrected chi connectivity index (χ4v) is 5.37. The molecule has 0 bridgehead atoms. The molecule has 0 unspecified atom stereocenters. The zero-order valence-corrected chi connectivity index (χ0v) is 21.6. The molecule has 0 saturated carbocycles. The number of benzene rings is 3.